The third-order valence-corrected chi connectivity index (χ3v) is 2.74. The van der Waals surface area contributed by atoms with Crippen molar-refractivity contribution in [2.75, 3.05) is 7.11 Å². The van der Waals surface area contributed by atoms with Gasteiger partial charge in [0.15, 0.2) is 0 Å². The molecule has 4 heteroatoms. The van der Waals surface area contributed by atoms with E-state index in [4.69, 9.17) is 4.74 Å². The van der Waals surface area contributed by atoms with Gasteiger partial charge in [0.2, 0.25) is 0 Å². The zero-order chi connectivity index (χ0) is 9.84. The fourth-order valence-electron chi connectivity index (χ4n) is 1.05. The average molecular weight is 247 g/mol. The molecule has 3 nitrogen and oxygen atoms in total. The Morgan fingerprint density at radius 1 is 1.69 bits per heavy atom. The second-order valence-corrected chi connectivity index (χ2v) is 3.95. The van der Waals surface area contributed by atoms with Crippen molar-refractivity contribution in [2.24, 2.45) is 0 Å². The Hall–Kier alpha value is -0.350. The molecule has 1 aromatic heterocycles. The molecular weight excluding hydrogens is 232 g/mol. The Labute approximate surface area is 87.2 Å². The van der Waals surface area contributed by atoms with Crippen LogP contribution in [-0.4, -0.2) is 16.9 Å². The topological polar surface area (TPSA) is 27.1 Å². The molecule has 0 fully saturated rings. The summed E-state index contributed by atoms with van der Waals surface area (Å²) in [6, 6.07) is 0.446. The summed E-state index contributed by atoms with van der Waals surface area (Å²) in [5, 5.41) is 4.42. The van der Waals surface area contributed by atoms with Crippen molar-refractivity contribution in [2.45, 2.75) is 32.9 Å². The van der Waals surface area contributed by atoms with E-state index in [1.807, 2.05) is 10.9 Å². The van der Waals surface area contributed by atoms with Crippen LogP contribution in [0.5, 0.6) is 0 Å². The highest BCUT2D eigenvalue weighted by Crippen LogP contribution is 2.19. The van der Waals surface area contributed by atoms with Crippen LogP contribution in [0.2, 0.25) is 0 Å². The smallest absolute Gasteiger partial charge is 0.102 e. The number of hydrogen-bond acceptors (Lipinski definition) is 2. The first kappa shape index (κ1) is 10.7. The maximum absolute atomic E-state index is 5.03. The molecule has 0 N–H and O–H groups in total. The number of nitrogens with zero attached hydrogens (tertiary/aromatic N) is 2. The van der Waals surface area contributed by atoms with Gasteiger partial charge in [-0.3, -0.25) is 4.68 Å². The first-order valence-electron chi connectivity index (χ1n) is 4.41. The van der Waals surface area contributed by atoms with E-state index in [-0.39, 0.29) is 0 Å². The molecule has 0 aliphatic heterocycles. The van der Waals surface area contributed by atoms with Gasteiger partial charge < -0.3 is 4.74 Å². The number of hydrogen-bond donors (Lipinski definition) is 0. The lowest BCUT2D eigenvalue weighted by Gasteiger charge is -2.07. The third kappa shape index (κ3) is 2.54. The van der Waals surface area contributed by atoms with E-state index in [1.54, 1.807) is 7.11 Å². The zero-order valence-electron chi connectivity index (χ0n) is 8.25. The molecule has 0 bridgehead atoms. The zero-order valence-corrected chi connectivity index (χ0v) is 9.84. The van der Waals surface area contributed by atoms with Crippen LogP contribution in [0.4, 0.5) is 0 Å². The molecule has 0 spiro atoms. The standard InChI is InChI=1S/C9H15BrN2O/c1-4-7(2)12-5-8(10)9(11-12)6-13-3/h5,7H,4,6H2,1-3H3/t7-/m0/s1. The summed E-state index contributed by atoms with van der Waals surface area (Å²) in [6.45, 7) is 4.86. The predicted octanol–water partition coefficient (Wildman–Crippen LogP) is 2.76. The molecule has 0 saturated heterocycles. The van der Waals surface area contributed by atoms with Crippen molar-refractivity contribution in [3.8, 4) is 0 Å². The average Bonchev–Trinajstić information content (AvgIpc) is 2.47. The van der Waals surface area contributed by atoms with Gasteiger partial charge in [0.25, 0.3) is 0 Å². The lowest BCUT2D eigenvalue weighted by Crippen LogP contribution is -2.04. The van der Waals surface area contributed by atoms with Crippen LogP contribution >= 0.6 is 15.9 Å². The quantitative estimate of drug-likeness (QED) is 0.817. The van der Waals surface area contributed by atoms with Crippen LogP contribution in [0.3, 0.4) is 0 Å². The summed E-state index contributed by atoms with van der Waals surface area (Å²) in [5.41, 5.74) is 0.961. The van der Waals surface area contributed by atoms with Crippen LogP contribution < -0.4 is 0 Å². The summed E-state index contributed by atoms with van der Waals surface area (Å²) in [7, 11) is 1.68. The normalized spacial score (nSPS) is 13.2. The summed E-state index contributed by atoms with van der Waals surface area (Å²) in [6.07, 6.45) is 3.09. The summed E-state index contributed by atoms with van der Waals surface area (Å²) >= 11 is 3.45. The molecule has 0 aromatic carbocycles. The lowest BCUT2D eigenvalue weighted by atomic mass is 10.3. The van der Waals surface area contributed by atoms with Crippen molar-refractivity contribution >= 4 is 15.9 Å². The largest absolute Gasteiger partial charge is 0.378 e. The molecule has 1 atom stereocenters. The van der Waals surface area contributed by atoms with Crippen molar-refractivity contribution in [3.63, 3.8) is 0 Å². The Morgan fingerprint density at radius 3 is 2.92 bits per heavy atom. The Balaban J connectivity index is 2.81. The molecule has 1 heterocycles. The van der Waals surface area contributed by atoms with Gasteiger partial charge in [-0.05, 0) is 29.3 Å². The SMILES string of the molecule is CC[C@H](C)n1cc(Br)c(COC)n1. The minimum atomic E-state index is 0.446. The van der Waals surface area contributed by atoms with Crippen molar-refractivity contribution in [1.29, 1.82) is 0 Å². The van der Waals surface area contributed by atoms with Gasteiger partial charge in [-0.15, -0.1) is 0 Å². The number of halogens is 1. The molecule has 0 aliphatic carbocycles. The molecular formula is C9H15BrN2O. The van der Waals surface area contributed by atoms with Crippen LogP contribution in [-0.2, 0) is 11.3 Å². The van der Waals surface area contributed by atoms with Crippen LogP contribution in [0, 0.1) is 0 Å². The highest BCUT2D eigenvalue weighted by Gasteiger charge is 2.09. The van der Waals surface area contributed by atoms with E-state index in [0.717, 1.165) is 16.6 Å². The van der Waals surface area contributed by atoms with Crippen LogP contribution in [0.1, 0.15) is 32.0 Å². The fraction of sp³-hybridized carbons (Fsp3) is 0.667. The molecule has 0 radical (unpaired) electrons. The van der Waals surface area contributed by atoms with E-state index >= 15 is 0 Å². The van der Waals surface area contributed by atoms with E-state index < -0.39 is 0 Å². The second kappa shape index (κ2) is 4.77. The number of rotatable bonds is 4. The van der Waals surface area contributed by atoms with Crippen LogP contribution in [0.25, 0.3) is 0 Å². The fourth-order valence-corrected chi connectivity index (χ4v) is 1.46. The highest BCUT2D eigenvalue weighted by atomic mass is 79.9. The van der Waals surface area contributed by atoms with E-state index in [2.05, 4.69) is 34.9 Å². The third-order valence-electron chi connectivity index (χ3n) is 2.08. The summed E-state index contributed by atoms with van der Waals surface area (Å²) in [4.78, 5) is 0. The number of methoxy groups -OCH3 is 1. The Morgan fingerprint density at radius 2 is 2.38 bits per heavy atom. The van der Waals surface area contributed by atoms with Gasteiger partial charge in [0, 0.05) is 19.3 Å². The molecule has 0 unspecified atom stereocenters. The molecule has 0 saturated carbocycles. The van der Waals surface area contributed by atoms with E-state index in [1.165, 1.54) is 0 Å². The van der Waals surface area contributed by atoms with Gasteiger partial charge in [-0.25, -0.2) is 0 Å². The summed E-state index contributed by atoms with van der Waals surface area (Å²) in [5.74, 6) is 0. The Bertz CT molecular complexity index is 273. The van der Waals surface area contributed by atoms with Gasteiger partial charge in [0.05, 0.1) is 11.1 Å². The molecule has 0 aliphatic rings. The van der Waals surface area contributed by atoms with Crippen LogP contribution in [0.15, 0.2) is 10.7 Å². The summed E-state index contributed by atoms with van der Waals surface area (Å²) < 4.78 is 8.02. The lowest BCUT2D eigenvalue weighted by molar-refractivity contribution is 0.180. The maximum atomic E-state index is 5.03. The molecule has 74 valence electrons. The first-order chi connectivity index (χ1) is 6.19. The van der Waals surface area contributed by atoms with Crippen molar-refractivity contribution in [1.82, 2.24) is 9.78 Å². The minimum Gasteiger partial charge on any atom is -0.378 e. The number of aromatic nitrogens is 2. The molecule has 13 heavy (non-hydrogen) atoms. The maximum Gasteiger partial charge on any atom is 0.102 e. The van der Waals surface area contributed by atoms with Crippen molar-refractivity contribution < 1.29 is 4.74 Å². The molecule has 0 amide bonds. The van der Waals surface area contributed by atoms with Gasteiger partial charge in [0.1, 0.15) is 5.69 Å². The van der Waals surface area contributed by atoms with Gasteiger partial charge in [-0.1, -0.05) is 6.92 Å². The minimum absolute atomic E-state index is 0.446. The first-order valence-corrected chi connectivity index (χ1v) is 5.20. The second-order valence-electron chi connectivity index (χ2n) is 3.09. The highest BCUT2D eigenvalue weighted by molar-refractivity contribution is 9.10. The molecule has 1 aromatic rings. The van der Waals surface area contributed by atoms with E-state index in [0.29, 0.717) is 12.6 Å². The predicted molar refractivity (Wildman–Crippen MR) is 55.6 cm³/mol. The number of ether oxygens (including phenoxy) is 1. The van der Waals surface area contributed by atoms with Gasteiger partial charge >= 0.3 is 0 Å². The van der Waals surface area contributed by atoms with E-state index in [9.17, 15) is 0 Å². The van der Waals surface area contributed by atoms with Gasteiger partial charge in [-0.2, -0.15) is 5.10 Å². The molecule has 1 rings (SSSR count). The monoisotopic (exact) mass is 246 g/mol. The van der Waals surface area contributed by atoms with Crippen molar-refractivity contribution in [3.05, 3.63) is 16.4 Å². The Kier molecular flexibility index (Phi) is 3.93.